The molecule has 0 aliphatic rings. The van der Waals surface area contributed by atoms with Crippen LogP contribution in [0.5, 0.6) is 0 Å². The van der Waals surface area contributed by atoms with Crippen molar-refractivity contribution < 1.29 is 60.8 Å². The predicted octanol–water partition coefficient (Wildman–Crippen LogP) is -2.54. The average molecular weight is 194 g/mol. The second-order valence-corrected chi connectivity index (χ2v) is 3.22. The van der Waals surface area contributed by atoms with Crippen molar-refractivity contribution in [2.75, 3.05) is 0 Å². The Bertz CT molecular complexity index is 262. The average Bonchev–Trinajstić information content (AvgIpc) is 1.88. The maximum atomic E-state index is 10.5. The Morgan fingerprint density at radius 1 is 1.36 bits per heavy atom. The molecule has 0 N–H and O–H groups in total. The molecule has 0 aliphatic heterocycles. The third-order valence-corrected chi connectivity index (χ3v) is 2.37. The second kappa shape index (κ2) is 5.65. The molecule has 54 valence electrons. The third kappa shape index (κ3) is 3.51. The van der Waals surface area contributed by atoms with Gasteiger partial charge in [0, 0.05) is 8.03 Å². The number of benzene rings is 1. The van der Waals surface area contributed by atoms with Crippen molar-refractivity contribution in [3.63, 3.8) is 0 Å². The Hall–Kier alpha value is 1.05. The topological polar surface area (TPSA) is 40.1 Å². The zero-order valence-corrected chi connectivity index (χ0v) is 10.7. The van der Waals surface area contributed by atoms with Crippen LogP contribution < -0.4 is 61.6 Å². The molecule has 0 amide bonds. The maximum absolute atomic E-state index is 10.5. The zero-order chi connectivity index (χ0) is 7.56. The molecule has 11 heavy (non-hydrogen) atoms. The fourth-order valence-corrected chi connectivity index (χ4v) is 1.44. The van der Waals surface area contributed by atoms with Crippen LogP contribution in [-0.2, 0) is 4.57 Å². The maximum Gasteiger partial charge on any atom is 1.00 e. The Labute approximate surface area is 109 Å². The van der Waals surface area contributed by atoms with E-state index in [0.717, 1.165) is 5.56 Å². The van der Waals surface area contributed by atoms with E-state index in [0.29, 0.717) is 5.30 Å². The van der Waals surface area contributed by atoms with Gasteiger partial charge in [0.25, 0.3) is 0 Å². The molecule has 0 radical (unpaired) electrons. The van der Waals surface area contributed by atoms with Crippen LogP contribution in [0.1, 0.15) is 5.56 Å². The van der Waals surface area contributed by atoms with Crippen molar-refractivity contribution in [3.8, 4) is 0 Å². The van der Waals surface area contributed by atoms with E-state index < -0.39 is 8.03 Å². The summed E-state index contributed by atoms with van der Waals surface area (Å²) in [6.07, 6.45) is 0. The molecule has 0 saturated heterocycles. The zero-order valence-electron chi connectivity index (χ0n) is 6.63. The molecule has 1 aromatic rings. The first kappa shape index (κ1) is 12.0. The normalized spacial score (nSPS) is 11.8. The van der Waals surface area contributed by atoms with Crippen LogP contribution in [0.25, 0.3) is 0 Å². The van der Waals surface area contributed by atoms with Crippen LogP contribution in [0.15, 0.2) is 24.3 Å². The van der Waals surface area contributed by atoms with Crippen LogP contribution in [-0.4, -0.2) is 0 Å². The minimum Gasteiger partial charge on any atom is -0.798 e. The van der Waals surface area contributed by atoms with Crippen molar-refractivity contribution in [1.82, 2.24) is 0 Å². The van der Waals surface area contributed by atoms with Gasteiger partial charge in [-0.25, -0.2) is 0 Å². The summed E-state index contributed by atoms with van der Waals surface area (Å²) in [5.41, 5.74) is 0.821. The molecule has 1 aromatic carbocycles. The first-order valence-corrected chi connectivity index (χ1v) is 4.30. The molecule has 2 nitrogen and oxygen atoms in total. The molecule has 0 saturated carbocycles. The van der Waals surface area contributed by atoms with Crippen LogP contribution >= 0.6 is 8.03 Å². The van der Waals surface area contributed by atoms with Gasteiger partial charge in [-0.15, -0.1) is 0 Å². The standard InChI is InChI=1S/C7H9O2P.K/c1-6-4-2-3-5-7(6)10(8)9;/h2-5,10H,1H3,(H,8,9);/q;+1/p-1. The van der Waals surface area contributed by atoms with E-state index in [2.05, 4.69) is 0 Å². The minimum absolute atomic E-state index is 0. The molecule has 0 aliphatic carbocycles. The summed E-state index contributed by atoms with van der Waals surface area (Å²) in [7, 11) is -2.74. The van der Waals surface area contributed by atoms with Gasteiger partial charge in [0.05, 0.1) is 0 Å². The van der Waals surface area contributed by atoms with E-state index >= 15 is 0 Å². The summed E-state index contributed by atoms with van der Waals surface area (Å²) in [4.78, 5) is 10.5. The molecular weight excluding hydrogens is 186 g/mol. The molecule has 1 unspecified atom stereocenters. The first-order chi connectivity index (χ1) is 4.72. The molecule has 1 rings (SSSR count). The Morgan fingerprint density at radius 3 is 2.27 bits per heavy atom. The second-order valence-electron chi connectivity index (χ2n) is 2.10. The van der Waals surface area contributed by atoms with Gasteiger partial charge in [-0.3, -0.25) is 0 Å². The van der Waals surface area contributed by atoms with Crippen LogP contribution in [0, 0.1) is 6.92 Å². The molecule has 0 heterocycles. The van der Waals surface area contributed by atoms with Gasteiger partial charge in [0.15, 0.2) is 0 Å². The van der Waals surface area contributed by atoms with Gasteiger partial charge in [0.1, 0.15) is 0 Å². The van der Waals surface area contributed by atoms with Crippen molar-refractivity contribution in [2.45, 2.75) is 6.92 Å². The smallest absolute Gasteiger partial charge is 0.798 e. The number of aryl methyl sites for hydroxylation is 1. The fourth-order valence-electron chi connectivity index (χ4n) is 0.802. The van der Waals surface area contributed by atoms with Gasteiger partial charge in [-0.1, -0.05) is 24.3 Å². The van der Waals surface area contributed by atoms with Crippen LogP contribution in [0.4, 0.5) is 0 Å². The Balaban J connectivity index is 0.000001000. The van der Waals surface area contributed by atoms with Crippen molar-refractivity contribution in [3.05, 3.63) is 29.8 Å². The molecule has 1 atom stereocenters. The van der Waals surface area contributed by atoms with E-state index in [9.17, 15) is 9.46 Å². The summed E-state index contributed by atoms with van der Waals surface area (Å²) >= 11 is 0. The largest absolute Gasteiger partial charge is 1.00 e. The van der Waals surface area contributed by atoms with Gasteiger partial charge >= 0.3 is 51.4 Å². The van der Waals surface area contributed by atoms with Crippen LogP contribution in [0.2, 0.25) is 0 Å². The fraction of sp³-hybridized carbons (Fsp3) is 0.143. The van der Waals surface area contributed by atoms with Gasteiger partial charge in [0.2, 0.25) is 0 Å². The van der Waals surface area contributed by atoms with Crippen LogP contribution in [0.3, 0.4) is 0 Å². The monoisotopic (exact) mass is 194 g/mol. The quantitative estimate of drug-likeness (QED) is 0.365. The van der Waals surface area contributed by atoms with Gasteiger partial charge < -0.3 is 9.46 Å². The minimum atomic E-state index is -2.74. The molecular formula is C7H8KO2P. The van der Waals surface area contributed by atoms with Gasteiger partial charge in [-0.05, 0) is 17.8 Å². The SMILES string of the molecule is Cc1ccccc1[PH](=O)[O-].[K+]. The third-order valence-electron chi connectivity index (χ3n) is 1.36. The predicted molar refractivity (Wildman–Crippen MR) is 39.8 cm³/mol. The molecule has 0 aromatic heterocycles. The van der Waals surface area contributed by atoms with E-state index in [1.54, 1.807) is 25.1 Å². The molecule has 0 bridgehead atoms. The summed E-state index contributed by atoms with van der Waals surface area (Å²) in [6, 6.07) is 6.95. The van der Waals surface area contributed by atoms with Crippen molar-refractivity contribution in [1.29, 1.82) is 0 Å². The van der Waals surface area contributed by atoms with Crippen molar-refractivity contribution >= 4 is 13.3 Å². The molecule has 0 spiro atoms. The van der Waals surface area contributed by atoms with E-state index in [4.69, 9.17) is 0 Å². The Morgan fingerprint density at radius 2 is 1.91 bits per heavy atom. The summed E-state index contributed by atoms with van der Waals surface area (Å²) in [5, 5.41) is 0.451. The van der Waals surface area contributed by atoms with E-state index in [1.165, 1.54) is 0 Å². The molecule has 4 heteroatoms. The summed E-state index contributed by atoms with van der Waals surface area (Å²) < 4.78 is 10.5. The number of rotatable bonds is 1. The number of hydrogen-bond donors (Lipinski definition) is 0. The first-order valence-electron chi connectivity index (χ1n) is 2.99. The summed E-state index contributed by atoms with van der Waals surface area (Å²) in [6.45, 7) is 1.79. The Kier molecular flexibility index (Phi) is 6.19. The van der Waals surface area contributed by atoms with Gasteiger partial charge in [-0.2, -0.15) is 0 Å². The summed E-state index contributed by atoms with van der Waals surface area (Å²) in [5.74, 6) is 0. The van der Waals surface area contributed by atoms with E-state index in [1.807, 2.05) is 6.07 Å². The number of hydrogen-bond acceptors (Lipinski definition) is 2. The van der Waals surface area contributed by atoms with E-state index in [-0.39, 0.29) is 51.4 Å². The molecule has 0 fully saturated rings. The van der Waals surface area contributed by atoms with Crippen molar-refractivity contribution in [2.24, 2.45) is 0 Å².